The van der Waals surface area contributed by atoms with Crippen molar-refractivity contribution in [2.75, 3.05) is 38.7 Å². The second kappa shape index (κ2) is 13.9. The summed E-state index contributed by atoms with van der Waals surface area (Å²) in [5.74, 6) is -0.652. The van der Waals surface area contributed by atoms with E-state index in [9.17, 15) is 14.4 Å². The fourth-order valence-electron chi connectivity index (χ4n) is 4.98. The van der Waals surface area contributed by atoms with Crippen LogP contribution in [-0.2, 0) is 27.4 Å². The van der Waals surface area contributed by atoms with Crippen LogP contribution in [0.1, 0.15) is 53.2 Å². The van der Waals surface area contributed by atoms with Gasteiger partial charge in [-0.05, 0) is 54.3 Å². The number of hydrazine groups is 1. The Hall–Kier alpha value is -4.24. The van der Waals surface area contributed by atoms with Crippen LogP contribution < -0.4 is 10.2 Å². The molecular formula is C32H39N5O4. The molecule has 0 unspecified atom stereocenters. The fourth-order valence-corrected chi connectivity index (χ4v) is 4.98. The Morgan fingerprint density at radius 1 is 1.00 bits per heavy atom. The molecule has 9 nitrogen and oxygen atoms in total. The summed E-state index contributed by atoms with van der Waals surface area (Å²) < 4.78 is 4.76. The summed E-state index contributed by atoms with van der Waals surface area (Å²) in [7, 11) is 3.12. The third-order valence-corrected chi connectivity index (χ3v) is 7.39. The molecule has 0 spiro atoms. The number of ether oxygens (including phenoxy) is 1. The van der Waals surface area contributed by atoms with Crippen LogP contribution in [0.15, 0.2) is 60.8 Å². The highest BCUT2D eigenvalue weighted by molar-refractivity contribution is 5.89. The number of aryl methyl sites for hydroxylation is 1. The summed E-state index contributed by atoms with van der Waals surface area (Å²) >= 11 is 0. The maximum atomic E-state index is 13.5. The number of nitrogens with one attached hydrogen (secondary N) is 1. The molecular weight excluding hydrogens is 518 g/mol. The van der Waals surface area contributed by atoms with Crippen molar-refractivity contribution in [3.8, 4) is 11.3 Å². The number of aromatic nitrogens is 1. The van der Waals surface area contributed by atoms with Crippen LogP contribution in [0.3, 0.4) is 0 Å². The lowest BCUT2D eigenvalue weighted by molar-refractivity contribution is -0.145. The number of likely N-dealkylation sites (N-methyl/N-ethyl adjacent to an activating group) is 1. The SMILES string of the molecule is CCCCCNC(=O)CN(CC(=O)N(C)N1Cc2ccccc2C1)c1ccc(-c2ccc(C(=O)OC)cn2)cc1C. The second-order valence-corrected chi connectivity index (χ2v) is 10.3. The highest BCUT2D eigenvalue weighted by Gasteiger charge is 2.27. The first-order valence-corrected chi connectivity index (χ1v) is 14.1. The van der Waals surface area contributed by atoms with E-state index < -0.39 is 5.97 Å². The van der Waals surface area contributed by atoms with E-state index >= 15 is 0 Å². The number of anilines is 1. The molecule has 2 aromatic carbocycles. The minimum Gasteiger partial charge on any atom is -0.465 e. The Bertz CT molecular complexity index is 1350. The van der Waals surface area contributed by atoms with Crippen molar-refractivity contribution < 1.29 is 19.1 Å². The molecule has 2 heterocycles. The summed E-state index contributed by atoms with van der Waals surface area (Å²) in [4.78, 5) is 44.5. The zero-order valence-electron chi connectivity index (χ0n) is 24.4. The van der Waals surface area contributed by atoms with Crippen molar-refractivity contribution in [1.29, 1.82) is 0 Å². The first-order valence-electron chi connectivity index (χ1n) is 14.1. The summed E-state index contributed by atoms with van der Waals surface area (Å²) in [6.07, 6.45) is 4.55. The maximum Gasteiger partial charge on any atom is 0.339 e. The number of pyridine rings is 1. The van der Waals surface area contributed by atoms with E-state index in [2.05, 4.69) is 29.4 Å². The summed E-state index contributed by atoms with van der Waals surface area (Å²) in [5, 5.41) is 6.69. The number of methoxy groups -OCH3 is 1. The number of esters is 1. The predicted octanol–water partition coefficient (Wildman–Crippen LogP) is 4.35. The van der Waals surface area contributed by atoms with Gasteiger partial charge in [-0.1, -0.05) is 50.1 Å². The molecule has 216 valence electrons. The molecule has 41 heavy (non-hydrogen) atoms. The molecule has 1 aliphatic heterocycles. The van der Waals surface area contributed by atoms with Gasteiger partial charge in [0.2, 0.25) is 5.91 Å². The van der Waals surface area contributed by atoms with Crippen molar-refractivity contribution in [3.63, 3.8) is 0 Å². The summed E-state index contributed by atoms with van der Waals surface area (Å²) in [6.45, 7) is 6.17. The number of fused-ring (bicyclic) bond motifs is 1. The number of unbranched alkanes of at least 4 members (excludes halogenated alkanes) is 2. The summed E-state index contributed by atoms with van der Waals surface area (Å²) in [5.41, 5.74) is 6.09. The Morgan fingerprint density at radius 3 is 2.34 bits per heavy atom. The number of hydrogen-bond donors (Lipinski definition) is 1. The third-order valence-electron chi connectivity index (χ3n) is 7.39. The molecule has 0 saturated heterocycles. The highest BCUT2D eigenvalue weighted by atomic mass is 16.5. The van der Waals surface area contributed by atoms with Crippen LogP contribution in [-0.4, -0.2) is 66.6 Å². The molecule has 1 aliphatic rings. The number of hydrogen-bond acceptors (Lipinski definition) is 7. The highest BCUT2D eigenvalue weighted by Crippen LogP contribution is 2.27. The van der Waals surface area contributed by atoms with Gasteiger partial charge >= 0.3 is 5.97 Å². The zero-order valence-corrected chi connectivity index (χ0v) is 24.4. The Balaban J connectivity index is 1.51. The Kier molecular flexibility index (Phi) is 10.1. The van der Waals surface area contributed by atoms with Gasteiger partial charge in [0.25, 0.3) is 5.91 Å². The Labute approximate surface area is 242 Å². The van der Waals surface area contributed by atoms with E-state index in [0.717, 1.165) is 36.1 Å². The minimum absolute atomic E-state index is 0.0536. The van der Waals surface area contributed by atoms with Gasteiger partial charge in [0.1, 0.15) is 0 Å². The zero-order chi connectivity index (χ0) is 29.4. The molecule has 1 N–H and O–H groups in total. The molecule has 1 aromatic heterocycles. The van der Waals surface area contributed by atoms with Crippen LogP contribution in [0.5, 0.6) is 0 Å². The largest absolute Gasteiger partial charge is 0.465 e. The van der Waals surface area contributed by atoms with Gasteiger partial charge < -0.3 is 15.0 Å². The lowest BCUT2D eigenvalue weighted by atomic mass is 10.0. The smallest absolute Gasteiger partial charge is 0.339 e. The second-order valence-electron chi connectivity index (χ2n) is 10.3. The van der Waals surface area contributed by atoms with Crippen LogP contribution >= 0.6 is 0 Å². The normalized spacial score (nSPS) is 12.5. The van der Waals surface area contributed by atoms with E-state index in [4.69, 9.17) is 4.74 Å². The standard InChI is InChI=1S/C32H39N5O4/c1-5-6-9-16-33-30(38)21-36(22-31(39)35(3)37-19-26-10-7-8-11-27(26)20-37)29-15-13-24(17-23(29)2)28-14-12-25(18-34-28)32(40)41-4/h7-8,10-15,17-18H,5-6,9,16,19-22H2,1-4H3,(H,33,38). The topological polar surface area (TPSA) is 95.1 Å². The lowest BCUT2D eigenvalue weighted by Gasteiger charge is -2.32. The van der Waals surface area contributed by atoms with Gasteiger partial charge in [0, 0.05) is 44.1 Å². The van der Waals surface area contributed by atoms with Gasteiger partial charge in [-0.2, -0.15) is 0 Å². The number of nitrogens with zero attached hydrogens (tertiary/aromatic N) is 4. The van der Waals surface area contributed by atoms with E-state index in [1.165, 1.54) is 24.4 Å². The number of carbonyl (C=O) groups is 3. The summed E-state index contributed by atoms with van der Waals surface area (Å²) in [6, 6.07) is 17.5. The van der Waals surface area contributed by atoms with Crippen molar-refractivity contribution in [3.05, 3.63) is 83.0 Å². The van der Waals surface area contributed by atoms with Crippen LogP contribution in [0, 0.1) is 6.92 Å². The molecule has 0 fully saturated rings. The van der Waals surface area contributed by atoms with E-state index in [-0.39, 0.29) is 24.9 Å². The average Bonchev–Trinajstić information content (AvgIpc) is 3.42. The van der Waals surface area contributed by atoms with Crippen molar-refractivity contribution in [2.24, 2.45) is 0 Å². The predicted molar refractivity (Wildman–Crippen MR) is 159 cm³/mol. The van der Waals surface area contributed by atoms with Crippen LogP contribution in [0.2, 0.25) is 0 Å². The van der Waals surface area contributed by atoms with E-state index in [0.29, 0.717) is 30.9 Å². The number of benzene rings is 2. The van der Waals surface area contributed by atoms with Gasteiger partial charge in [-0.15, -0.1) is 0 Å². The molecule has 2 amide bonds. The average molecular weight is 558 g/mol. The van der Waals surface area contributed by atoms with Gasteiger partial charge in [0.15, 0.2) is 0 Å². The first-order chi connectivity index (χ1) is 19.8. The van der Waals surface area contributed by atoms with Crippen LogP contribution in [0.4, 0.5) is 5.69 Å². The van der Waals surface area contributed by atoms with Gasteiger partial charge in [-0.25, -0.2) is 9.80 Å². The number of carbonyl (C=O) groups excluding carboxylic acids is 3. The van der Waals surface area contributed by atoms with Crippen molar-refractivity contribution >= 4 is 23.5 Å². The molecule has 9 heteroatoms. The fraction of sp³-hybridized carbons (Fsp3) is 0.375. The third kappa shape index (κ3) is 7.49. The number of rotatable bonds is 12. The molecule has 0 saturated carbocycles. The van der Waals surface area contributed by atoms with E-state index in [1.54, 1.807) is 24.2 Å². The Morgan fingerprint density at radius 2 is 1.73 bits per heavy atom. The first kappa shape index (κ1) is 29.7. The molecule has 4 rings (SSSR count). The van der Waals surface area contributed by atoms with Gasteiger partial charge in [0.05, 0.1) is 31.5 Å². The molecule has 0 atom stereocenters. The molecule has 0 aliphatic carbocycles. The van der Waals surface area contributed by atoms with Crippen molar-refractivity contribution in [2.45, 2.75) is 46.2 Å². The maximum absolute atomic E-state index is 13.5. The minimum atomic E-state index is -0.438. The number of amides is 2. The molecule has 0 radical (unpaired) electrons. The molecule has 3 aromatic rings. The quantitative estimate of drug-likeness (QED) is 0.261. The molecule has 0 bridgehead atoms. The van der Waals surface area contributed by atoms with Crippen molar-refractivity contribution in [1.82, 2.24) is 20.3 Å². The monoisotopic (exact) mass is 557 g/mol. The lowest BCUT2D eigenvalue weighted by Crippen LogP contribution is -2.48. The van der Waals surface area contributed by atoms with Crippen LogP contribution in [0.25, 0.3) is 11.3 Å². The van der Waals surface area contributed by atoms with E-state index in [1.807, 2.05) is 47.2 Å². The van der Waals surface area contributed by atoms with Gasteiger partial charge in [-0.3, -0.25) is 19.6 Å².